The van der Waals surface area contributed by atoms with Crippen LogP contribution in [0.5, 0.6) is 0 Å². The lowest BCUT2D eigenvalue weighted by atomic mass is 9.90. The molecule has 2 aromatic carbocycles. The second-order valence-electron chi connectivity index (χ2n) is 5.03. The minimum absolute atomic E-state index is 0.581. The van der Waals surface area contributed by atoms with Gasteiger partial charge in [0.2, 0.25) is 0 Å². The van der Waals surface area contributed by atoms with Crippen LogP contribution in [0, 0.1) is 13.8 Å². The second-order valence-corrected chi connectivity index (χ2v) is 5.03. The molecular weight excluding hydrogens is 228 g/mol. The van der Waals surface area contributed by atoms with Crippen LogP contribution in [0.1, 0.15) is 50.3 Å². The van der Waals surface area contributed by atoms with Crippen LogP contribution in [-0.4, -0.2) is 0 Å². The van der Waals surface area contributed by atoms with Gasteiger partial charge in [0.15, 0.2) is 0 Å². The lowest BCUT2D eigenvalue weighted by molar-refractivity contribution is 0.854. The third kappa shape index (κ3) is 3.70. The summed E-state index contributed by atoms with van der Waals surface area (Å²) in [6.07, 6.45) is 0. The molecule has 0 saturated carbocycles. The van der Waals surface area contributed by atoms with Crippen molar-refractivity contribution in [3.05, 3.63) is 59.2 Å². The molecule has 0 spiro atoms. The second kappa shape index (κ2) is 7.13. The minimum Gasteiger partial charge on any atom is -0.0683 e. The van der Waals surface area contributed by atoms with Crippen molar-refractivity contribution < 1.29 is 0 Å². The Labute approximate surface area is 118 Å². The Morgan fingerprint density at radius 1 is 0.789 bits per heavy atom. The number of hydrogen-bond acceptors (Lipinski definition) is 0. The van der Waals surface area contributed by atoms with E-state index in [1.807, 2.05) is 13.8 Å². The number of aryl methyl sites for hydroxylation is 1. The third-order valence-corrected chi connectivity index (χ3v) is 3.44. The lowest BCUT2D eigenvalue weighted by Crippen LogP contribution is -1.96. The van der Waals surface area contributed by atoms with Crippen LogP contribution in [0.2, 0.25) is 0 Å². The van der Waals surface area contributed by atoms with Gasteiger partial charge in [0.25, 0.3) is 0 Å². The SMILES string of the molecule is CC.Cc1cc(-c2ccccc2)cc(C(C)C)c1C. The Morgan fingerprint density at radius 3 is 1.89 bits per heavy atom. The van der Waals surface area contributed by atoms with Gasteiger partial charge < -0.3 is 0 Å². The van der Waals surface area contributed by atoms with Gasteiger partial charge in [-0.25, -0.2) is 0 Å². The summed E-state index contributed by atoms with van der Waals surface area (Å²) >= 11 is 0. The van der Waals surface area contributed by atoms with Crippen molar-refractivity contribution in [1.29, 1.82) is 0 Å². The molecule has 0 atom stereocenters. The topological polar surface area (TPSA) is 0 Å². The molecule has 0 heteroatoms. The zero-order valence-corrected chi connectivity index (χ0v) is 13.1. The normalized spacial score (nSPS) is 10.1. The van der Waals surface area contributed by atoms with Crippen LogP contribution in [0.4, 0.5) is 0 Å². The lowest BCUT2D eigenvalue weighted by Gasteiger charge is -2.15. The van der Waals surface area contributed by atoms with Crippen LogP contribution in [0.3, 0.4) is 0 Å². The summed E-state index contributed by atoms with van der Waals surface area (Å²) in [5.74, 6) is 0.581. The van der Waals surface area contributed by atoms with E-state index >= 15 is 0 Å². The molecular formula is C19H26. The molecule has 0 aromatic heterocycles. The first-order valence-corrected chi connectivity index (χ1v) is 7.26. The van der Waals surface area contributed by atoms with Gasteiger partial charge in [0, 0.05) is 0 Å². The number of benzene rings is 2. The molecule has 0 N–H and O–H groups in total. The molecule has 0 heterocycles. The number of hydrogen-bond donors (Lipinski definition) is 0. The van der Waals surface area contributed by atoms with E-state index in [9.17, 15) is 0 Å². The Morgan fingerprint density at radius 2 is 1.37 bits per heavy atom. The van der Waals surface area contributed by atoms with E-state index in [1.165, 1.54) is 27.8 Å². The Hall–Kier alpha value is -1.56. The van der Waals surface area contributed by atoms with Gasteiger partial charge in [-0.2, -0.15) is 0 Å². The van der Waals surface area contributed by atoms with Crippen molar-refractivity contribution in [3.63, 3.8) is 0 Å². The summed E-state index contributed by atoms with van der Waals surface area (Å²) in [6.45, 7) is 12.9. The van der Waals surface area contributed by atoms with Crippen molar-refractivity contribution in [2.45, 2.75) is 47.5 Å². The van der Waals surface area contributed by atoms with Gasteiger partial charge in [-0.05, 0) is 47.6 Å². The van der Waals surface area contributed by atoms with Crippen molar-refractivity contribution in [2.24, 2.45) is 0 Å². The van der Waals surface area contributed by atoms with Crippen molar-refractivity contribution in [3.8, 4) is 11.1 Å². The standard InChI is InChI=1S/C17H20.C2H6/c1-12(2)17-11-16(10-13(3)14(17)4)15-8-6-5-7-9-15;1-2/h5-12H,1-4H3;1-2H3. The van der Waals surface area contributed by atoms with E-state index in [0.717, 1.165) is 0 Å². The fourth-order valence-electron chi connectivity index (χ4n) is 2.28. The Kier molecular flexibility index (Phi) is 5.82. The average molecular weight is 254 g/mol. The van der Waals surface area contributed by atoms with E-state index in [1.54, 1.807) is 0 Å². The molecule has 0 amide bonds. The molecule has 0 nitrogen and oxygen atoms in total. The third-order valence-electron chi connectivity index (χ3n) is 3.44. The van der Waals surface area contributed by atoms with Crippen LogP contribution in [0.25, 0.3) is 11.1 Å². The van der Waals surface area contributed by atoms with Crippen LogP contribution < -0.4 is 0 Å². The summed E-state index contributed by atoms with van der Waals surface area (Å²) in [5.41, 5.74) is 6.91. The van der Waals surface area contributed by atoms with Crippen molar-refractivity contribution >= 4 is 0 Å². The van der Waals surface area contributed by atoms with Gasteiger partial charge in [-0.15, -0.1) is 0 Å². The molecule has 0 bridgehead atoms. The van der Waals surface area contributed by atoms with Gasteiger partial charge in [-0.3, -0.25) is 0 Å². The minimum atomic E-state index is 0.581. The Bertz CT molecular complexity index is 507. The summed E-state index contributed by atoms with van der Waals surface area (Å²) in [5, 5.41) is 0. The zero-order chi connectivity index (χ0) is 14.4. The highest BCUT2D eigenvalue weighted by molar-refractivity contribution is 5.66. The number of rotatable bonds is 2. The van der Waals surface area contributed by atoms with E-state index in [2.05, 4.69) is 70.2 Å². The largest absolute Gasteiger partial charge is 0.0683 e. The van der Waals surface area contributed by atoms with Gasteiger partial charge in [0.05, 0.1) is 0 Å². The molecule has 0 aliphatic carbocycles. The fourth-order valence-corrected chi connectivity index (χ4v) is 2.28. The first-order chi connectivity index (χ1) is 9.09. The molecule has 0 aliphatic heterocycles. The molecule has 0 aliphatic rings. The highest BCUT2D eigenvalue weighted by Crippen LogP contribution is 2.29. The van der Waals surface area contributed by atoms with Crippen LogP contribution in [0.15, 0.2) is 42.5 Å². The van der Waals surface area contributed by atoms with Crippen molar-refractivity contribution in [1.82, 2.24) is 0 Å². The quantitative estimate of drug-likeness (QED) is 0.605. The van der Waals surface area contributed by atoms with E-state index in [-0.39, 0.29) is 0 Å². The maximum atomic E-state index is 2.34. The summed E-state index contributed by atoms with van der Waals surface area (Å²) in [6, 6.07) is 15.2. The maximum absolute atomic E-state index is 2.34. The average Bonchev–Trinajstić information content (AvgIpc) is 2.44. The van der Waals surface area contributed by atoms with E-state index in [0.29, 0.717) is 5.92 Å². The molecule has 2 rings (SSSR count). The fraction of sp³-hybridized carbons (Fsp3) is 0.368. The maximum Gasteiger partial charge on any atom is -0.0178 e. The summed E-state index contributed by atoms with van der Waals surface area (Å²) < 4.78 is 0. The van der Waals surface area contributed by atoms with Crippen molar-refractivity contribution in [2.75, 3.05) is 0 Å². The highest BCUT2D eigenvalue weighted by Gasteiger charge is 2.08. The summed E-state index contributed by atoms with van der Waals surface area (Å²) in [7, 11) is 0. The van der Waals surface area contributed by atoms with Crippen LogP contribution >= 0.6 is 0 Å². The van der Waals surface area contributed by atoms with Gasteiger partial charge in [0.1, 0.15) is 0 Å². The molecule has 2 aromatic rings. The van der Waals surface area contributed by atoms with Gasteiger partial charge in [-0.1, -0.05) is 70.2 Å². The van der Waals surface area contributed by atoms with E-state index < -0.39 is 0 Å². The molecule has 0 unspecified atom stereocenters. The summed E-state index contributed by atoms with van der Waals surface area (Å²) in [4.78, 5) is 0. The highest BCUT2D eigenvalue weighted by atomic mass is 14.1. The van der Waals surface area contributed by atoms with Crippen LogP contribution in [-0.2, 0) is 0 Å². The molecule has 0 fully saturated rings. The first-order valence-electron chi connectivity index (χ1n) is 7.26. The zero-order valence-electron chi connectivity index (χ0n) is 13.1. The predicted molar refractivity (Wildman–Crippen MR) is 86.8 cm³/mol. The first kappa shape index (κ1) is 15.5. The monoisotopic (exact) mass is 254 g/mol. The molecule has 0 saturated heterocycles. The molecule has 0 radical (unpaired) electrons. The molecule has 19 heavy (non-hydrogen) atoms. The Balaban J connectivity index is 0.000000861. The predicted octanol–water partition coefficient (Wildman–Crippen LogP) is 6.12. The smallest absolute Gasteiger partial charge is 0.0178 e. The molecule has 102 valence electrons. The van der Waals surface area contributed by atoms with E-state index in [4.69, 9.17) is 0 Å². The van der Waals surface area contributed by atoms with Gasteiger partial charge >= 0.3 is 0 Å².